The maximum absolute atomic E-state index is 13.5. The lowest BCUT2D eigenvalue weighted by atomic mass is 9.86. The van der Waals surface area contributed by atoms with Gasteiger partial charge in [-0.15, -0.1) is 0 Å². The maximum atomic E-state index is 13.5. The minimum absolute atomic E-state index is 0.179. The molecule has 2 rings (SSSR count). The highest BCUT2D eigenvalue weighted by Gasteiger charge is 2.32. The van der Waals surface area contributed by atoms with Crippen LogP contribution in [0.25, 0.3) is 0 Å². The summed E-state index contributed by atoms with van der Waals surface area (Å²) < 4.78 is 5.59. The van der Waals surface area contributed by atoms with E-state index in [-0.39, 0.29) is 5.78 Å². The summed E-state index contributed by atoms with van der Waals surface area (Å²) in [6.45, 7) is 8.47. The molecule has 168 valence electrons. The third-order valence-corrected chi connectivity index (χ3v) is 5.80. The number of ether oxygens (including phenoxy) is 1. The molecule has 0 saturated heterocycles. The van der Waals surface area contributed by atoms with Gasteiger partial charge in [-0.3, -0.25) is 9.59 Å². The predicted octanol–water partition coefficient (Wildman–Crippen LogP) is 7.26. The fourth-order valence-corrected chi connectivity index (χ4v) is 4.25. The Hall–Kier alpha value is -2.42. The molecule has 0 N–H and O–H groups in total. The normalized spacial score (nSPS) is 11.9. The zero-order chi connectivity index (χ0) is 22.6. The molecule has 0 aromatic heterocycles. The summed E-state index contributed by atoms with van der Waals surface area (Å²) in [5.41, 5.74) is 4.23. The standard InChI is InChI=1S/C28H38O3/c1-5-6-7-8-9-10-11-15-18-31-28(30)26(24-16-13-12-14-17-24)27(29)25-22(3)19-21(2)20-23(25)4/h12-14,16-17,19-20,26H,5-11,15,18H2,1-4H3. The fourth-order valence-electron chi connectivity index (χ4n) is 4.25. The van der Waals surface area contributed by atoms with Crippen LogP contribution >= 0.6 is 0 Å². The van der Waals surface area contributed by atoms with E-state index in [1.165, 1.54) is 38.5 Å². The van der Waals surface area contributed by atoms with Crippen molar-refractivity contribution in [2.75, 3.05) is 6.61 Å². The second kappa shape index (κ2) is 13.1. The molecular formula is C28H38O3. The number of benzene rings is 2. The minimum Gasteiger partial charge on any atom is -0.465 e. The lowest BCUT2D eigenvalue weighted by Gasteiger charge is -2.18. The number of carbonyl (C=O) groups excluding carboxylic acids is 2. The van der Waals surface area contributed by atoms with Crippen molar-refractivity contribution in [3.63, 3.8) is 0 Å². The second-order valence-corrected chi connectivity index (χ2v) is 8.62. The second-order valence-electron chi connectivity index (χ2n) is 8.62. The quantitative estimate of drug-likeness (QED) is 0.148. The molecule has 3 nitrogen and oxygen atoms in total. The highest BCUT2D eigenvalue weighted by atomic mass is 16.5. The molecule has 0 saturated carbocycles. The van der Waals surface area contributed by atoms with Gasteiger partial charge in [0.25, 0.3) is 0 Å². The molecule has 0 spiro atoms. The Labute approximate surface area is 188 Å². The van der Waals surface area contributed by atoms with Crippen LogP contribution in [-0.2, 0) is 9.53 Å². The summed E-state index contributed by atoms with van der Waals surface area (Å²) in [6, 6.07) is 13.3. The molecule has 2 aromatic rings. The smallest absolute Gasteiger partial charge is 0.321 e. The first-order valence-corrected chi connectivity index (χ1v) is 11.8. The van der Waals surface area contributed by atoms with Crippen molar-refractivity contribution in [3.05, 3.63) is 70.3 Å². The van der Waals surface area contributed by atoms with Gasteiger partial charge in [0, 0.05) is 5.56 Å². The van der Waals surface area contributed by atoms with Gasteiger partial charge in [0.15, 0.2) is 5.78 Å². The van der Waals surface area contributed by atoms with Crippen LogP contribution in [0.2, 0.25) is 0 Å². The van der Waals surface area contributed by atoms with Gasteiger partial charge in [-0.25, -0.2) is 0 Å². The Morgan fingerprint density at radius 1 is 0.806 bits per heavy atom. The molecule has 0 bridgehead atoms. The van der Waals surface area contributed by atoms with Crippen LogP contribution in [0.4, 0.5) is 0 Å². The van der Waals surface area contributed by atoms with Gasteiger partial charge in [0.05, 0.1) is 6.61 Å². The maximum Gasteiger partial charge on any atom is 0.321 e. The summed E-state index contributed by atoms with van der Waals surface area (Å²) in [6.07, 6.45) is 9.48. The highest BCUT2D eigenvalue weighted by molar-refractivity contribution is 6.14. The Kier molecular flexibility index (Phi) is 10.5. The number of esters is 1. The summed E-state index contributed by atoms with van der Waals surface area (Å²) in [4.78, 5) is 26.5. The molecule has 0 aliphatic heterocycles. The summed E-state index contributed by atoms with van der Waals surface area (Å²) in [5.74, 6) is -1.55. The molecule has 1 unspecified atom stereocenters. The largest absolute Gasteiger partial charge is 0.465 e. The molecule has 3 heteroatoms. The number of carbonyl (C=O) groups is 2. The van der Waals surface area contributed by atoms with Crippen molar-refractivity contribution in [2.45, 2.75) is 85.0 Å². The van der Waals surface area contributed by atoms with E-state index in [9.17, 15) is 9.59 Å². The van der Waals surface area contributed by atoms with Crippen LogP contribution in [0.15, 0.2) is 42.5 Å². The Morgan fingerprint density at radius 2 is 1.35 bits per heavy atom. The van der Waals surface area contributed by atoms with E-state index in [0.29, 0.717) is 17.7 Å². The number of ketones is 1. The third-order valence-electron chi connectivity index (χ3n) is 5.80. The topological polar surface area (TPSA) is 43.4 Å². The van der Waals surface area contributed by atoms with Crippen LogP contribution in [0.1, 0.15) is 96.8 Å². The molecule has 0 aliphatic rings. The lowest BCUT2D eigenvalue weighted by molar-refractivity contribution is -0.144. The minimum atomic E-state index is -0.921. The summed E-state index contributed by atoms with van der Waals surface area (Å²) in [7, 11) is 0. The predicted molar refractivity (Wildman–Crippen MR) is 128 cm³/mol. The van der Waals surface area contributed by atoms with Crippen LogP contribution < -0.4 is 0 Å². The van der Waals surface area contributed by atoms with Gasteiger partial charge in [-0.05, 0) is 43.9 Å². The Bertz CT molecular complexity index is 816. The first kappa shape index (κ1) is 24.8. The van der Waals surface area contributed by atoms with Gasteiger partial charge in [-0.2, -0.15) is 0 Å². The number of rotatable bonds is 13. The molecule has 0 aliphatic carbocycles. The number of unbranched alkanes of at least 4 members (excludes halogenated alkanes) is 7. The van der Waals surface area contributed by atoms with Gasteiger partial charge in [-0.1, -0.05) is 99.9 Å². The molecular weight excluding hydrogens is 384 g/mol. The molecule has 1 atom stereocenters. The zero-order valence-corrected chi connectivity index (χ0v) is 19.7. The highest BCUT2D eigenvalue weighted by Crippen LogP contribution is 2.27. The van der Waals surface area contributed by atoms with E-state index in [2.05, 4.69) is 6.92 Å². The molecule has 0 radical (unpaired) electrons. The lowest BCUT2D eigenvalue weighted by Crippen LogP contribution is -2.26. The average molecular weight is 423 g/mol. The number of aryl methyl sites for hydroxylation is 3. The Morgan fingerprint density at radius 3 is 1.94 bits per heavy atom. The van der Waals surface area contributed by atoms with E-state index in [1.54, 1.807) is 0 Å². The number of hydrogen-bond donors (Lipinski definition) is 0. The van der Waals surface area contributed by atoms with Gasteiger partial charge in [0.1, 0.15) is 5.92 Å². The fraction of sp³-hybridized carbons (Fsp3) is 0.500. The van der Waals surface area contributed by atoms with Crippen molar-refractivity contribution in [3.8, 4) is 0 Å². The van der Waals surface area contributed by atoms with E-state index in [1.807, 2.05) is 63.2 Å². The van der Waals surface area contributed by atoms with Crippen LogP contribution in [-0.4, -0.2) is 18.4 Å². The van der Waals surface area contributed by atoms with Crippen molar-refractivity contribution < 1.29 is 14.3 Å². The third kappa shape index (κ3) is 7.65. The van der Waals surface area contributed by atoms with Crippen molar-refractivity contribution in [1.29, 1.82) is 0 Å². The summed E-state index contributed by atoms with van der Waals surface area (Å²) in [5, 5.41) is 0. The average Bonchev–Trinajstić information content (AvgIpc) is 2.73. The van der Waals surface area contributed by atoms with E-state index < -0.39 is 11.9 Å². The SMILES string of the molecule is CCCCCCCCCCOC(=O)C(C(=O)c1c(C)cc(C)cc1C)c1ccccc1. The molecule has 0 heterocycles. The van der Waals surface area contributed by atoms with Gasteiger partial charge >= 0.3 is 5.97 Å². The first-order chi connectivity index (χ1) is 15.0. The van der Waals surface area contributed by atoms with Crippen molar-refractivity contribution in [1.82, 2.24) is 0 Å². The zero-order valence-electron chi connectivity index (χ0n) is 19.7. The van der Waals surface area contributed by atoms with Crippen LogP contribution in [0.5, 0.6) is 0 Å². The van der Waals surface area contributed by atoms with E-state index >= 15 is 0 Å². The van der Waals surface area contributed by atoms with Crippen LogP contribution in [0.3, 0.4) is 0 Å². The van der Waals surface area contributed by atoms with E-state index in [4.69, 9.17) is 4.74 Å². The van der Waals surface area contributed by atoms with Gasteiger partial charge in [0.2, 0.25) is 0 Å². The monoisotopic (exact) mass is 422 g/mol. The van der Waals surface area contributed by atoms with E-state index in [0.717, 1.165) is 29.5 Å². The number of Topliss-reactive ketones (excluding diaryl/α,β-unsaturated/α-hetero) is 1. The first-order valence-electron chi connectivity index (χ1n) is 11.8. The summed E-state index contributed by atoms with van der Waals surface area (Å²) >= 11 is 0. The Balaban J connectivity index is 2.01. The molecule has 0 amide bonds. The molecule has 0 fully saturated rings. The van der Waals surface area contributed by atoms with Gasteiger partial charge < -0.3 is 4.74 Å². The molecule has 31 heavy (non-hydrogen) atoms. The van der Waals surface area contributed by atoms with Crippen molar-refractivity contribution in [2.24, 2.45) is 0 Å². The van der Waals surface area contributed by atoms with Crippen LogP contribution in [0, 0.1) is 20.8 Å². The molecule has 2 aromatic carbocycles. The number of hydrogen-bond acceptors (Lipinski definition) is 3. The van der Waals surface area contributed by atoms with Crippen molar-refractivity contribution >= 4 is 11.8 Å².